The molecule has 0 atom stereocenters. The van der Waals surface area contributed by atoms with Gasteiger partial charge in [0.25, 0.3) is 10.1 Å². The molecule has 0 saturated carbocycles. The molecule has 78 valence electrons. The van der Waals surface area contributed by atoms with Crippen LogP contribution in [0.15, 0.2) is 12.1 Å². The standard InChI is InChI=1S/C9H13NO3S/c1-7-4-5-9(10-8(7)2)6-13-14(3,11)12/h4-5H,6H2,1-3H3. The molecular weight excluding hydrogens is 202 g/mol. The number of aryl methyl sites for hydroxylation is 2. The summed E-state index contributed by atoms with van der Waals surface area (Å²) >= 11 is 0. The molecule has 5 heteroatoms. The smallest absolute Gasteiger partial charge is 0.264 e. The van der Waals surface area contributed by atoms with Crippen LogP contribution in [0, 0.1) is 13.8 Å². The zero-order valence-corrected chi connectivity index (χ0v) is 9.26. The van der Waals surface area contributed by atoms with Crippen molar-refractivity contribution in [3.8, 4) is 0 Å². The molecule has 14 heavy (non-hydrogen) atoms. The molecule has 0 N–H and O–H groups in total. The van der Waals surface area contributed by atoms with Crippen molar-refractivity contribution in [2.75, 3.05) is 6.26 Å². The van der Waals surface area contributed by atoms with Crippen molar-refractivity contribution >= 4 is 10.1 Å². The third kappa shape index (κ3) is 3.43. The van der Waals surface area contributed by atoms with Gasteiger partial charge in [0.15, 0.2) is 0 Å². The highest BCUT2D eigenvalue weighted by Gasteiger charge is 2.04. The van der Waals surface area contributed by atoms with E-state index in [2.05, 4.69) is 9.17 Å². The minimum Gasteiger partial charge on any atom is -0.264 e. The molecule has 0 saturated heterocycles. The second kappa shape index (κ2) is 4.06. The third-order valence-electron chi connectivity index (χ3n) is 1.83. The van der Waals surface area contributed by atoms with Crippen LogP contribution in [0.4, 0.5) is 0 Å². The van der Waals surface area contributed by atoms with E-state index in [1.807, 2.05) is 19.9 Å². The molecule has 0 amide bonds. The molecule has 0 unspecified atom stereocenters. The van der Waals surface area contributed by atoms with Gasteiger partial charge >= 0.3 is 0 Å². The van der Waals surface area contributed by atoms with E-state index in [0.29, 0.717) is 5.69 Å². The average Bonchev–Trinajstić information content (AvgIpc) is 2.06. The molecule has 0 fully saturated rings. The number of hydrogen-bond acceptors (Lipinski definition) is 4. The van der Waals surface area contributed by atoms with Gasteiger partial charge in [-0.3, -0.25) is 9.17 Å². The van der Waals surface area contributed by atoms with E-state index in [-0.39, 0.29) is 6.61 Å². The highest BCUT2D eigenvalue weighted by Crippen LogP contribution is 2.06. The Bertz CT molecular complexity index is 426. The lowest BCUT2D eigenvalue weighted by Crippen LogP contribution is -2.04. The SMILES string of the molecule is Cc1ccc(COS(C)(=O)=O)nc1C. The van der Waals surface area contributed by atoms with Gasteiger partial charge in [-0.2, -0.15) is 8.42 Å². The lowest BCUT2D eigenvalue weighted by molar-refractivity contribution is 0.307. The normalized spacial score (nSPS) is 11.6. The van der Waals surface area contributed by atoms with Crippen LogP contribution in [-0.2, 0) is 20.9 Å². The van der Waals surface area contributed by atoms with Gasteiger partial charge in [-0.1, -0.05) is 6.07 Å². The summed E-state index contributed by atoms with van der Waals surface area (Å²) in [6.45, 7) is 3.82. The first-order valence-electron chi connectivity index (χ1n) is 4.16. The van der Waals surface area contributed by atoms with Gasteiger partial charge < -0.3 is 0 Å². The Hall–Kier alpha value is -0.940. The van der Waals surface area contributed by atoms with Crippen LogP contribution in [0.5, 0.6) is 0 Å². The summed E-state index contributed by atoms with van der Waals surface area (Å²) in [6, 6.07) is 3.65. The van der Waals surface area contributed by atoms with E-state index in [4.69, 9.17) is 0 Å². The Kier molecular flexibility index (Phi) is 3.23. The summed E-state index contributed by atoms with van der Waals surface area (Å²) in [5.41, 5.74) is 2.59. The fourth-order valence-electron chi connectivity index (χ4n) is 0.930. The molecule has 0 aliphatic heterocycles. The maximum atomic E-state index is 10.7. The van der Waals surface area contributed by atoms with Crippen LogP contribution < -0.4 is 0 Å². The Labute approximate surface area is 84.1 Å². The first kappa shape index (κ1) is 11.1. The molecule has 1 heterocycles. The first-order valence-corrected chi connectivity index (χ1v) is 5.97. The molecule has 0 aromatic carbocycles. The first-order chi connectivity index (χ1) is 6.38. The lowest BCUT2D eigenvalue weighted by Gasteiger charge is -2.03. The summed E-state index contributed by atoms with van der Waals surface area (Å²) < 4.78 is 26.0. The summed E-state index contributed by atoms with van der Waals surface area (Å²) in [4.78, 5) is 4.19. The fourth-order valence-corrected chi connectivity index (χ4v) is 1.27. The van der Waals surface area contributed by atoms with Crippen LogP contribution >= 0.6 is 0 Å². The molecule has 4 nitrogen and oxygen atoms in total. The van der Waals surface area contributed by atoms with E-state index in [9.17, 15) is 8.42 Å². The minimum atomic E-state index is -3.39. The molecule has 0 radical (unpaired) electrons. The van der Waals surface area contributed by atoms with Gasteiger partial charge in [-0.15, -0.1) is 0 Å². The van der Waals surface area contributed by atoms with Crippen molar-refractivity contribution < 1.29 is 12.6 Å². The van der Waals surface area contributed by atoms with Gasteiger partial charge in [0.2, 0.25) is 0 Å². The van der Waals surface area contributed by atoms with Crippen molar-refractivity contribution in [3.63, 3.8) is 0 Å². The maximum Gasteiger partial charge on any atom is 0.264 e. The third-order valence-corrected chi connectivity index (χ3v) is 2.37. The van der Waals surface area contributed by atoms with E-state index in [1.54, 1.807) is 6.07 Å². The van der Waals surface area contributed by atoms with Gasteiger partial charge in [0, 0.05) is 5.69 Å². The maximum absolute atomic E-state index is 10.7. The highest BCUT2D eigenvalue weighted by molar-refractivity contribution is 7.85. The predicted molar refractivity (Wildman–Crippen MR) is 53.3 cm³/mol. The molecule has 0 spiro atoms. The molecule has 0 aliphatic rings. The quantitative estimate of drug-likeness (QED) is 0.710. The number of rotatable bonds is 3. The van der Waals surface area contributed by atoms with Crippen molar-refractivity contribution in [1.82, 2.24) is 4.98 Å². The van der Waals surface area contributed by atoms with Crippen molar-refractivity contribution in [2.45, 2.75) is 20.5 Å². The average molecular weight is 215 g/mol. The van der Waals surface area contributed by atoms with Crippen molar-refractivity contribution in [2.24, 2.45) is 0 Å². The highest BCUT2D eigenvalue weighted by atomic mass is 32.2. The van der Waals surface area contributed by atoms with E-state index in [0.717, 1.165) is 17.5 Å². The van der Waals surface area contributed by atoms with Crippen molar-refractivity contribution in [3.05, 3.63) is 29.1 Å². The second-order valence-corrected chi connectivity index (χ2v) is 4.82. The Balaban J connectivity index is 2.74. The van der Waals surface area contributed by atoms with Crippen molar-refractivity contribution in [1.29, 1.82) is 0 Å². The number of aromatic nitrogens is 1. The van der Waals surface area contributed by atoms with Gasteiger partial charge in [0.05, 0.1) is 11.9 Å². The minimum absolute atomic E-state index is 0.0000463. The molecule has 0 bridgehead atoms. The molecular formula is C9H13NO3S. The fraction of sp³-hybridized carbons (Fsp3) is 0.444. The van der Waals surface area contributed by atoms with Crippen LogP contribution in [0.3, 0.4) is 0 Å². The van der Waals surface area contributed by atoms with Gasteiger partial charge in [-0.05, 0) is 25.5 Å². The zero-order chi connectivity index (χ0) is 10.8. The van der Waals surface area contributed by atoms with E-state index < -0.39 is 10.1 Å². The summed E-state index contributed by atoms with van der Waals surface area (Å²) in [5, 5.41) is 0. The summed E-state index contributed by atoms with van der Waals surface area (Å²) in [5.74, 6) is 0. The van der Waals surface area contributed by atoms with Crippen LogP contribution in [0.1, 0.15) is 17.0 Å². The largest absolute Gasteiger partial charge is 0.264 e. The zero-order valence-electron chi connectivity index (χ0n) is 8.44. The Morgan fingerprint density at radius 2 is 2.00 bits per heavy atom. The predicted octanol–water partition coefficient (Wildman–Crippen LogP) is 1.17. The molecule has 1 aromatic heterocycles. The van der Waals surface area contributed by atoms with Crippen LogP contribution in [0.25, 0.3) is 0 Å². The summed E-state index contributed by atoms with van der Waals surface area (Å²) in [6.07, 6.45) is 1.02. The number of hydrogen-bond donors (Lipinski definition) is 0. The molecule has 0 aliphatic carbocycles. The number of nitrogens with zero attached hydrogens (tertiary/aromatic N) is 1. The topological polar surface area (TPSA) is 56.3 Å². The van der Waals surface area contributed by atoms with Crippen LogP contribution in [0.2, 0.25) is 0 Å². The van der Waals surface area contributed by atoms with Crippen LogP contribution in [-0.4, -0.2) is 19.7 Å². The Morgan fingerprint density at radius 3 is 2.50 bits per heavy atom. The van der Waals surface area contributed by atoms with Gasteiger partial charge in [-0.25, -0.2) is 0 Å². The number of pyridine rings is 1. The molecule has 1 rings (SSSR count). The van der Waals surface area contributed by atoms with Gasteiger partial charge in [0.1, 0.15) is 6.61 Å². The Morgan fingerprint density at radius 1 is 1.36 bits per heavy atom. The molecule has 1 aromatic rings. The lowest BCUT2D eigenvalue weighted by atomic mass is 10.2. The monoisotopic (exact) mass is 215 g/mol. The van der Waals surface area contributed by atoms with E-state index in [1.165, 1.54) is 0 Å². The second-order valence-electron chi connectivity index (χ2n) is 3.17. The summed E-state index contributed by atoms with van der Waals surface area (Å²) in [7, 11) is -3.39. The van der Waals surface area contributed by atoms with E-state index >= 15 is 0 Å².